The Labute approximate surface area is 153 Å². The van der Waals surface area contributed by atoms with Gasteiger partial charge in [0.05, 0.1) is 10.6 Å². The van der Waals surface area contributed by atoms with Crippen molar-refractivity contribution in [2.45, 2.75) is 24.8 Å². The van der Waals surface area contributed by atoms with Crippen molar-refractivity contribution in [3.05, 3.63) is 71.8 Å². The molecule has 2 aromatic carbocycles. The van der Waals surface area contributed by atoms with E-state index in [4.69, 9.17) is 5.14 Å². The maximum absolute atomic E-state index is 11.7. The van der Waals surface area contributed by atoms with Gasteiger partial charge < -0.3 is 5.32 Å². The lowest BCUT2D eigenvalue weighted by Gasteiger charge is -2.14. The minimum absolute atomic E-state index is 0.0877. The normalized spacial score (nSPS) is 12.6. The van der Waals surface area contributed by atoms with Crippen LogP contribution in [0.5, 0.6) is 0 Å². The van der Waals surface area contributed by atoms with E-state index in [0.29, 0.717) is 22.6 Å². The average molecular weight is 368 g/mol. The quantitative estimate of drug-likeness (QED) is 0.720. The van der Waals surface area contributed by atoms with E-state index in [2.05, 4.69) is 15.5 Å². The summed E-state index contributed by atoms with van der Waals surface area (Å²) in [4.78, 5) is 0.0942. The maximum Gasteiger partial charge on any atom is 0.238 e. The molecule has 0 fully saturated rings. The number of nitrogens with two attached hydrogens (primary N) is 1. The minimum atomic E-state index is -3.78. The second-order valence-corrected chi connectivity index (χ2v) is 7.64. The lowest BCUT2D eigenvalue weighted by molar-refractivity contribution is 0.597. The van der Waals surface area contributed by atoms with Crippen LogP contribution >= 0.6 is 0 Å². The highest BCUT2D eigenvalue weighted by Crippen LogP contribution is 2.24. The number of aryl methyl sites for hydroxylation is 1. The lowest BCUT2D eigenvalue weighted by atomic mass is 10.1. The van der Waals surface area contributed by atoms with Crippen molar-refractivity contribution < 1.29 is 8.42 Å². The van der Waals surface area contributed by atoms with Gasteiger partial charge in [0.2, 0.25) is 10.0 Å². The summed E-state index contributed by atoms with van der Waals surface area (Å²) in [5, 5.41) is 17.0. The van der Waals surface area contributed by atoms with Crippen molar-refractivity contribution in [3.8, 4) is 11.3 Å². The van der Waals surface area contributed by atoms with Crippen LogP contribution in [0.1, 0.15) is 24.1 Å². The molecule has 1 unspecified atom stereocenters. The molecule has 7 heteroatoms. The van der Waals surface area contributed by atoms with E-state index in [1.165, 1.54) is 6.07 Å². The number of aromatic nitrogens is 2. The van der Waals surface area contributed by atoms with Gasteiger partial charge in [0.25, 0.3) is 0 Å². The van der Waals surface area contributed by atoms with Crippen LogP contribution in [-0.4, -0.2) is 18.6 Å². The molecule has 0 spiro atoms. The summed E-state index contributed by atoms with van der Waals surface area (Å²) in [5.41, 5.74) is 2.97. The van der Waals surface area contributed by atoms with E-state index in [1.807, 2.05) is 43.3 Å². The number of primary sulfonamides is 1. The van der Waals surface area contributed by atoms with Crippen LogP contribution in [0.25, 0.3) is 11.3 Å². The first kappa shape index (κ1) is 18.0. The second-order valence-electron chi connectivity index (χ2n) is 6.11. The fourth-order valence-corrected chi connectivity index (χ4v) is 3.48. The van der Waals surface area contributed by atoms with E-state index >= 15 is 0 Å². The Morgan fingerprint density at radius 1 is 1.00 bits per heavy atom. The van der Waals surface area contributed by atoms with E-state index in [0.717, 1.165) is 5.56 Å². The summed E-state index contributed by atoms with van der Waals surface area (Å²) >= 11 is 0. The van der Waals surface area contributed by atoms with E-state index in [9.17, 15) is 8.42 Å². The number of benzene rings is 2. The molecule has 0 aliphatic heterocycles. The Kier molecular flexibility index (Phi) is 5.01. The van der Waals surface area contributed by atoms with Gasteiger partial charge in [-0.3, -0.25) is 0 Å². The molecule has 0 amide bonds. The van der Waals surface area contributed by atoms with Crippen LogP contribution in [0.4, 0.5) is 5.82 Å². The van der Waals surface area contributed by atoms with Crippen LogP contribution in [0.15, 0.2) is 65.6 Å². The van der Waals surface area contributed by atoms with Crippen molar-refractivity contribution in [3.63, 3.8) is 0 Å². The standard InChI is InChI=1S/C19H20N4O2S/c1-13-8-9-16(12-18(13)26(20,24)25)17-10-11-19(23-22-17)21-14(2)15-6-4-3-5-7-15/h3-12,14H,1-2H3,(H,21,23)(H2,20,24,25). The third-order valence-corrected chi connectivity index (χ3v) is 5.17. The summed E-state index contributed by atoms with van der Waals surface area (Å²) in [7, 11) is -3.78. The molecule has 6 nitrogen and oxygen atoms in total. The number of nitrogens with zero attached hydrogens (tertiary/aromatic N) is 2. The lowest BCUT2D eigenvalue weighted by Crippen LogP contribution is -2.13. The number of anilines is 1. The Morgan fingerprint density at radius 3 is 2.35 bits per heavy atom. The Hall–Kier alpha value is -2.77. The molecule has 1 aromatic heterocycles. The first-order valence-corrected chi connectivity index (χ1v) is 9.68. The molecular weight excluding hydrogens is 348 g/mol. The molecule has 0 aliphatic rings. The monoisotopic (exact) mass is 368 g/mol. The summed E-state index contributed by atoms with van der Waals surface area (Å²) in [6, 6.07) is 18.8. The van der Waals surface area contributed by atoms with Gasteiger partial charge in [-0.25, -0.2) is 13.6 Å². The average Bonchev–Trinajstić information content (AvgIpc) is 2.62. The van der Waals surface area contributed by atoms with Crippen LogP contribution in [0.3, 0.4) is 0 Å². The van der Waals surface area contributed by atoms with E-state index in [-0.39, 0.29) is 10.9 Å². The number of hydrogen-bond acceptors (Lipinski definition) is 5. The molecule has 0 saturated heterocycles. The fraction of sp³-hybridized carbons (Fsp3) is 0.158. The summed E-state index contributed by atoms with van der Waals surface area (Å²) < 4.78 is 23.4. The van der Waals surface area contributed by atoms with Gasteiger partial charge in [-0.2, -0.15) is 0 Å². The fourth-order valence-electron chi connectivity index (χ4n) is 2.68. The molecule has 0 bridgehead atoms. The molecule has 3 rings (SSSR count). The molecule has 134 valence electrons. The van der Waals surface area contributed by atoms with Crippen LogP contribution in [0.2, 0.25) is 0 Å². The van der Waals surface area contributed by atoms with Crippen LogP contribution in [-0.2, 0) is 10.0 Å². The van der Waals surface area contributed by atoms with Crippen LogP contribution in [0, 0.1) is 6.92 Å². The Bertz CT molecular complexity index is 1000. The second kappa shape index (κ2) is 7.23. The number of nitrogens with one attached hydrogen (secondary N) is 1. The Balaban J connectivity index is 1.82. The zero-order chi connectivity index (χ0) is 18.7. The van der Waals surface area contributed by atoms with E-state index < -0.39 is 10.0 Å². The molecular formula is C19H20N4O2S. The Morgan fingerprint density at radius 2 is 1.73 bits per heavy atom. The molecule has 3 aromatic rings. The van der Waals surface area contributed by atoms with Gasteiger partial charge in [0.1, 0.15) is 5.82 Å². The highest BCUT2D eigenvalue weighted by atomic mass is 32.2. The van der Waals surface area contributed by atoms with Gasteiger partial charge in [-0.1, -0.05) is 42.5 Å². The third-order valence-electron chi connectivity index (χ3n) is 4.12. The largest absolute Gasteiger partial charge is 0.362 e. The van der Waals surface area contributed by atoms with Crippen molar-refractivity contribution >= 4 is 15.8 Å². The smallest absolute Gasteiger partial charge is 0.238 e. The summed E-state index contributed by atoms with van der Waals surface area (Å²) in [6.45, 7) is 3.75. The van der Waals surface area contributed by atoms with Crippen LogP contribution < -0.4 is 10.5 Å². The van der Waals surface area contributed by atoms with Gasteiger partial charge in [-0.05, 0) is 43.2 Å². The predicted molar refractivity (Wildman–Crippen MR) is 102 cm³/mol. The predicted octanol–water partition coefficient (Wildman–Crippen LogP) is 3.27. The highest BCUT2D eigenvalue weighted by Gasteiger charge is 2.14. The van der Waals surface area contributed by atoms with Crippen molar-refractivity contribution in [1.29, 1.82) is 0 Å². The minimum Gasteiger partial charge on any atom is -0.362 e. The molecule has 0 saturated carbocycles. The zero-order valence-electron chi connectivity index (χ0n) is 14.5. The topological polar surface area (TPSA) is 98.0 Å². The molecule has 0 radical (unpaired) electrons. The number of hydrogen-bond donors (Lipinski definition) is 2. The van der Waals surface area contributed by atoms with E-state index in [1.54, 1.807) is 25.1 Å². The summed E-state index contributed by atoms with van der Waals surface area (Å²) in [5.74, 6) is 0.642. The molecule has 3 N–H and O–H groups in total. The first-order valence-electron chi connectivity index (χ1n) is 8.13. The molecule has 1 heterocycles. The van der Waals surface area contributed by atoms with Gasteiger partial charge in [0.15, 0.2) is 0 Å². The molecule has 26 heavy (non-hydrogen) atoms. The van der Waals surface area contributed by atoms with Gasteiger partial charge in [0, 0.05) is 11.6 Å². The first-order chi connectivity index (χ1) is 12.3. The molecule has 1 atom stereocenters. The van der Waals surface area contributed by atoms with Crippen molar-refractivity contribution in [2.75, 3.05) is 5.32 Å². The number of rotatable bonds is 5. The summed E-state index contributed by atoms with van der Waals surface area (Å²) in [6.07, 6.45) is 0. The van der Waals surface area contributed by atoms with Crippen molar-refractivity contribution in [1.82, 2.24) is 10.2 Å². The maximum atomic E-state index is 11.7. The number of sulfonamides is 1. The molecule has 0 aliphatic carbocycles. The van der Waals surface area contributed by atoms with Gasteiger partial charge in [-0.15, -0.1) is 10.2 Å². The van der Waals surface area contributed by atoms with Crippen molar-refractivity contribution in [2.24, 2.45) is 5.14 Å². The third kappa shape index (κ3) is 4.07. The SMILES string of the molecule is Cc1ccc(-c2ccc(NC(C)c3ccccc3)nn2)cc1S(N)(=O)=O. The highest BCUT2D eigenvalue weighted by molar-refractivity contribution is 7.89. The zero-order valence-corrected chi connectivity index (χ0v) is 15.4. The van der Waals surface area contributed by atoms with Gasteiger partial charge >= 0.3 is 0 Å².